The van der Waals surface area contributed by atoms with Gasteiger partial charge in [-0.15, -0.1) is 0 Å². The van der Waals surface area contributed by atoms with Crippen molar-refractivity contribution in [3.8, 4) is 0 Å². The number of carbonyl (C=O) groups excluding carboxylic acids is 1. The summed E-state index contributed by atoms with van der Waals surface area (Å²) < 4.78 is 0. The highest BCUT2D eigenvalue weighted by Gasteiger charge is 2.47. The summed E-state index contributed by atoms with van der Waals surface area (Å²) in [6.07, 6.45) is 11.6. The molecule has 1 fully saturated rings. The van der Waals surface area contributed by atoms with Gasteiger partial charge in [-0.05, 0) is 54.7 Å². The van der Waals surface area contributed by atoms with E-state index in [1.165, 1.54) is 29.2 Å². The van der Waals surface area contributed by atoms with Crippen molar-refractivity contribution >= 4 is 41.2 Å². The number of fused-ring (bicyclic) bond motifs is 1. The van der Waals surface area contributed by atoms with Crippen molar-refractivity contribution in [2.75, 3.05) is 0 Å². The maximum absolute atomic E-state index is 12.0. The van der Waals surface area contributed by atoms with E-state index < -0.39 is 0 Å². The molecular formula is C24H21Cl2N3OS. The smallest absolute Gasteiger partial charge is 0.148 e. The highest BCUT2D eigenvalue weighted by molar-refractivity contribution is 7.99. The summed E-state index contributed by atoms with van der Waals surface area (Å²) in [5.74, 6) is 0.401. The van der Waals surface area contributed by atoms with Crippen LogP contribution in [0.4, 0.5) is 0 Å². The van der Waals surface area contributed by atoms with E-state index in [1.54, 1.807) is 12.4 Å². The van der Waals surface area contributed by atoms with Crippen molar-refractivity contribution in [2.45, 2.75) is 53.9 Å². The topological polar surface area (TPSA) is 55.7 Å². The molecule has 158 valence electrons. The van der Waals surface area contributed by atoms with Crippen molar-refractivity contribution in [1.29, 1.82) is 0 Å². The Balaban J connectivity index is 1.27. The average Bonchev–Trinajstić information content (AvgIpc) is 3.10. The lowest BCUT2D eigenvalue weighted by Crippen LogP contribution is -2.32. The number of benzene rings is 1. The first-order chi connectivity index (χ1) is 15.1. The summed E-state index contributed by atoms with van der Waals surface area (Å²) in [6, 6.07) is 10.2. The number of nitrogens with zero attached hydrogens (tertiary/aromatic N) is 3. The molecule has 2 aromatic heterocycles. The third-order valence-electron chi connectivity index (χ3n) is 6.80. The third-order valence-corrected chi connectivity index (χ3v) is 8.66. The molecule has 0 bridgehead atoms. The molecule has 5 rings (SSSR count). The van der Waals surface area contributed by atoms with Crippen LogP contribution in [0.15, 0.2) is 58.8 Å². The molecule has 2 aliphatic carbocycles. The van der Waals surface area contributed by atoms with Crippen LogP contribution in [-0.2, 0) is 11.2 Å². The summed E-state index contributed by atoms with van der Waals surface area (Å²) in [6.45, 7) is 0. The maximum atomic E-state index is 12.0. The number of carbonyl (C=O) groups is 1. The van der Waals surface area contributed by atoms with Crippen LogP contribution in [0.2, 0.25) is 10.2 Å². The van der Waals surface area contributed by atoms with Crippen LogP contribution in [0.5, 0.6) is 0 Å². The van der Waals surface area contributed by atoms with Crippen LogP contribution in [-0.4, -0.2) is 21.2 Å². The number of rotatable bonds is 4. The Bertz CT molecular complexity index is 1110. The molecule has 1 atom stereocenters. The fraction of sp³-hybridized carbons (Fsp3) is 0.333. The highest BCUT2D eigenvalue weighted by Crippen LogP contribution is 2.56. The van der Waals surface area contributed by atoms with Crippen molar-refractivity contribution in [1.82, 2.24) is 15.0 Å². The van der Waals surface area contributed by atoms with E-state index in [1.807, 2.05) is 18.3 Å². The van der Waals surface area contributed by atoms with E-state index in [2.05, 4.69) is 28.2 Å². The van der Waals surface area contributed by atoms with Crippen LogP contribution in [0.1, 0.15) is 54.3 Å². The van der Waals surface area contributed by atoms with Gasteiger partial charge in [-0.3, -0.25) is 4.98 Å². The standard InChI is InChI=1S/C24H21Cl2N3OS/c25-22-20(7-10-27-23(22)26)31-21-13-28-19(12-29-21)15-5-8-24(9-6-15)11-16-3-1-2-4-17(16)18(24)14-30/h1-4,7,10,12-15,18H,5-6,8-9,11H2. The molecule has 0 saturated heterocycles. The lowest BCUT2D eigenvalue weighted by molar-refractivity contribution is -0.112. The van der Waals surface area contributed by atoms with E-state index in [9.17, 15) is 4.79 Å². The minimum absolute atomic E-state index is 0.0199. The molecule has 0 N–H and O–H groups in total. The van der Waals surface area contributed by atoms with E-state index in [0.29, 0.717) is 10.9 Å². The van der Waals surface area contributed by atoms with Gasteiger partial charge in [-0.2, -0.15) is 0 Å². The molecule has 0 amide bonds. The summed E-state index contributed by atoms with van der Waals surface area (Å²) in [5, 5.41) is 1.49. The van der Waals surface area contributed by atoms with E-state index in [-0.39, 0.29) is 16.5 Å². The maximum Gasteiger partial charge on any atom is 0.148 e. The second kappa shape index (κ2) is 8.53. The monoisotopic (exact) mass is 469 g/mol. The summed E-state index contributed by atoms with van der Waals surface area (Å²) in [7, 11) is 0. The number of aldehydes is 1. The number of aromatic nitrogens is 3. The summed E-state index contributed by atoms with van der Waals surface area (Å²) >= 11 is 13.6. The largest absolute Gasteiger partial charge is 0.303 e. The SMILES string of the molecule is O=CC1c2ccccc2CC12CCC(c1cnc(Sc3ccnc(Cl)c3Cl)cn1)CC2. The van der Waals surface area contributed by atoms with Gasteiger partial charge in [0.15, 0.2) is 0 Å². The van der Waals surface area contributed by atoms with E-state index in [0.717, 1.165) is 47.7 Å². The molecule has 31 heavy (non-hydrogen) atoms. The van der Waals surface area contributed by atoms with Crippen molar-refractivity contribution in [3.63, 3.8) is 0 Å². The average molecular weight is 470 g/mol. The summed E-state index contributed by atoms with van der Waals surface area (Å²) in [5.41, 5.74) is 3.67. The predicted octanol–water partition coefficient (Wildman–Crippen LogP) is 6.51. The Morgan fingerprint density at radius 1 is 1.03 bits per heavy atom. The van der Waals surface area contributed by atoms with Gasteiger partial charge in [-0.1, -0.05) is 59.2 Å². The summed E-state index contributed by atoms with van der Waals surface area (Å²) in [4.78, 5) is 26.1. The number of hydrogen-bond donors (Lipinski definition) is 0. The van der Waals surface area contributed by atoms with Gasteiger partial charge < -0.3 is 4.79 Å². The molecular weight excluding hydrogens is 449 g/mol. The molecule has 1 spiro atoms. The number of hydrogen-bond acceptors (Lipinski definition) is 5. The zero-order valence-corrected chi connectivity index (χ0v) is 19.1. The van der Waals surface area contributed by atoms with Crippen molar-refractivity contribution < 1.29 is 4.79 Å². The van der Waals surface area contributed by atoms with Crippen LogP contribution in [0, 0.1) is 5.41 Å². The van der Waals surface area contributed by atoms with Gasteiger partial charge in [0.25, 0.3) is 0 Å². The number of halogens is 2. The normalized spacial score (nSPS) is 24.8. The molecule has 3 aromatic rings. The van der Waals surface area contributed by atoms with Gasteiger partial charge in [-0.25, -0.2) is 9.97 Å². The number of pyridine rings is 1. The zero-order chi connectivity index (χ0) is 21.4. The third kappa shape index (κ3) is 3.88. The second-order valence-corrected chi connectivity index (χ2v) is 10.2. The fourth-order valence-electron chi connectivity index (χ4n) is 5.19. The second-order valence-electron chi connectivity index (χ2n) is 8.42. The van der Waals surface area contributed by atoms with Crippen molar-refractivity contribution in [2.24, 2.45) is 5.41 Å². The Morgan fingerprint density at radius 2 is 1.84 bits per heavy atom. The molecule has 7 heteroatoms. The van der Waals surface area contributed by atoms with Gasteiger partial charge in [0, 0.05) is 22.9 Å². The van der Waals surface area contributed by atoms with E-state index in [4.69, 9.17) is 28.2 Å². The Morgan fingerprint density at radius 3 is 2.58 bits per heavy atom. The van der Waals surface area contributed by atoms with Crippen LogP contribution in [0.3, 0.4) is 0 Å². The molecule has 1 unspecified atom stereocenters. The van der Waals surface area contributed by atoms with Crippen molar-refractivity contribution in [3.05, 3.63) is 75.9 Å². The lowest BCUT2D eigenvalue weighted by atomic mass is 9.64. The molecule has 2 aliphatic rings. The Labute approximate surface area is 195 Å². The van der Waals surface area contributed by atoms with Gasteiger partial charge >= 0.3 is 0 Å². The first-order valence-corrected chi connectivity index (χ1v) is 12.0. The minimum Gasteiger partial charge on any atom is -0.303 e. The molecule has 4 nitrogen and oxygen atoms in total. The first kappa shape index (κ1) is 20.9. The molecule has 1 aromatic carbocycles. The molecule has 0 aliphatic heterocycles. The predicted molar refractivity (Wildman–Crippen MR) is 123 cm³/mol. The first-order valence-electron chi connectivity index (χ1n) is 10.4. The van der Waals surface area contributed by atoms with Crippen LogP contribution >= 0.6 is 35.0 Å². The molecule has 0 radical (unpaired) electrons. The highest BCUT2D eigenvalue weighted by atomic mass is 35.5. The van der Waals surface area contributed by atoms with Gasteiger partial charge in [0.2, 0.25) is 0 Å². The molecule has 2 heterocycles. The van der Waals surface area contributed by atoms with Crippen LogP contribution in [0.25, 0.3) is 0 Å². The molecule has 1 saturated carbocycles. The van der Waals surface area contributed by atoms with Crippen LogP contribution < -0.4 is 0 Å². The minimum atomic E-state index is 0.0199. The van der Waals surface area contributed by atoms with Gasteiger partial charge in [0.1, 0.15) is 16.5 Å². The lowest BCUT2D eigenvalue weighted by Gasteiger charge is -2.40. The fourth-order valence-corrected chi connectivity index (χ4v) is 6.39. The quantitative estimate of drug-likeness (QED) is 0.321. The zero-order valence-electron chi connectivity index (χ0n) is 16.8. The Kier molecular flexibility index (Phi) is 5.76. The Hall–Kier alpha value is -1.95. The van der Waals surface area contributed by atoms with E-state index >= 15 is 0 Å². The van der Waals surface area contributed by atoms with Gasteiger partial charge in [0.05, 0.1) is 23.1 Å².